The lowest BCUT2D eigenvalue weighted by atomic mass is 10.1. The first-order valence-corrected chi connectivity index (χ1v) is 7.01. The van der Waals surface area contributed by atoms with Crippen molar-refractivity contribution in [3.63, 3.8) is 0 Å². The van der Waals surface area contributed by atoms with Gasteiger partial charge in [0.05, 0.1) is 0 Å². The highest BCUT2D eigenvalue weighted by Gasteiger charge is 2.21. The van der Waals surface area contributed by atoms with Crippen molar-refractivity contribution in [3.05, 3.63) is 28.8 Å². The van der Waals surface area contributed by atoms with Gasteiger partial charge in [0.25, 0.3) is 5.91 Å². The Hall–Kier alpha value is -1.26. The van der Waals surface area contributed by atoms with Crippen molar-refractivity contribution in [1.82, 2.24) is 5.32 Å². The fourth-order valence-corrected chi connectivity index (χ4v) is 1.88. The van der Waals surface area contributed by atoms with E-state index in [1.807, 2.05) is 27.7 Å². The Morgan fingerprint density at radius 2 is 1.95 bits per heavy atom. The van der Waals surface area contributed by atoms with Crippen molar-refractivity contribution in [2.24, 2.45) is 5.73 Å². The SMILES string of the molecule is CC(Oc1ccc(Cl)cc1[C@H](C)N)C(=O)NC(C)(C)C. The fourth-order valence-electron chi connectivity index (χ4n) is 1.70. The Morgan fingerprint density at radius 3 is 2.45 bits per heavy atom. The molecule has 20 heavy (non-hydrogen) atoms. The van der Waals surface area contributed by atoms with Crippen molar-refractivity contribution >= 4 is 17.5 Å². The van der Waals surface area contributed by atoms with Gasteiger partial charge in [-0.3, -0.25) is 4.79 Å². The molecule has 1 unspecified atom stereocenters. The number of ether oxygens (including phenoxy) is 1. The third-order valence-corrected chi connectivity index (χ3v) is 2.87. The number of nitrogens with two attached hydrogens (primary N) is 1. The standard InChI is InChI=1S/C15H23ClN2O2/c1-9(17)12-8-11(16)6-7-13(12)20-10(2)14(19)18-15(3,4)5/h6-10H,17H2,1-5H3,(H,18,19)/t9-,10?/m0/s1. The molecule has 0 radical (unpaired) electrons. The van der Waals surface area contributed by atoms with Gasteiger partial charge in [-0.25, -0.2) is 0 Å². The first-order valence-electron chi connectivity index (χ1n) is 6.64. The molecule has 0 aliphatic heterocycles. The first kappa shape index (κ1) is 16.8. The lowest BCUT2D eigenvalue weighted by Crippen LogP contribution is -2.46. The Kier molecular flexibility index (Phi) is 5.42. The van der Waals surface area contributed by atoms with Crippen molar-refractivity contribution in [2.75, 3.05) is 0 Å². The van der Waals surface area contributed by atoms with Gasteiger partial charge in [-0.15, -0.1) is 0 Å². The summed E-state index contributed by atoms with van der Waals surface area (Å²) < 4.78 is 5.72. The van der Waals surface area contributed by atoms with Gasteiger partial charge in [0.15, 0.2) is 6.10 Å². The Labute approximate surface area is 125 Å². The summed E-state index contributed by atoms with van der Waals surface area (Å²) in [6, 6.07) is 5.00. The monoisotopic (exact) mass is 298 g/mol. The maximum atomic E-state index is 12.0. The molecule has 3 N–H and O–H groups in total. The Balaban J connectivity index is 2.85. The average Bonchev–Trinajstić information content (AvgIpc) is 2.28. The summed E-state index contributed by atoms with van der Waals surface area (Å²) >= 11 is 5.96. The Bertz CT molecular complexity index is 481. The molecule has 1 rings (SSSR count). The number of hydrogen-bond donors (Lipinski definition) is 2. The molecule has 0 heterocycles. The van der Waals surface area contributed by atoms with E-state index >= 15 is 0 Å². The zero-order valence-electron chi connectivity index (χ0n) is 12.7. The minimum absolute atomic E-state index is 0.164. The molecule has 112 valence electrons. The van der Waals surface area contributed by atoms with Crippen molar-refractivity contribution in [3.8, 4) is 5.75 Å². The zero-order valence-corrected chi connectivity index (χ0v) is 13.4. The highest BCUT2D eigenvalue weighted by Crippen LogP contribution is 2.28. The van der Waals surface area contributed by atoms with Crippen molar-refractivity contribution < 1.29 is 9.53 Å². The molecule has 0 fully saturated rings. The average molecular weight is 299 g/mol. The molecule has 0 aliphatic rings. The van der Waals surface area contributed by atoms with Gasteiger partial charge in [0.2, 0.25) is 0 Å². The van der Waals surface area contributed by atoms with Gasteiger partial charge >= 0.3 is 0 Å². The van der Waals surface area contributed by atoms with E-state index in [0.717, 1.165) is 5.56 Å². The van der Waals surface area contributed by atoms with Gasteiger partial charge in [-0.2, -0.15) is 0 Å². The molecule has 0 saturated carbocycles. The van der Waals surface area contributed by atoms with Crippen LogP contribution in [-0.2, 0) is 4.79 Å². The molecule has 0 aliphatic carbocycles. The maximum Gasteiger partial charge on any atom is 0.261 e. The molecular weight excluding hydrogens is 276 g/mol. The fraction of sp³-hybridized carbons (Fsp3) is 0.533. The molecule has 1 aromatic rings. The second-order valence-corrected chi connectivity index (χ2v) is 6.41. The molecule has 0 spiro atoms. The number of amides is 1. The number of benzene rings is 1. The summed E-state index contributed by atoms with van der Waals surface area (Å²) in [6.07, 6.45) is -0.604. The van der Waals surface area contributed by atoms with E-state index in [-0.39, 0.29) is 17.5 Å². The predicted molar refractivity (Wildman–Crippen MR) is 82.0 cm³/mol. The smallest absolute Gasteiger partial charge is 0.261 e. The third-order valence-electron chi connectivity index (χ3n) is 2.63. The van der Waals surface area contributed by atoms with E-state index in [4.69, 9.17) is 22.1 Å². The second kappa shape index (κ2) is 6.46. The van der Waals surface area contributed by atoms with E-state index in [1.54, 1.807) is 25.1 Å². The van der Waals surface area contributed by atoms with Crippen LogP contribution in [0.4, 0.5) is 0 Å². The summed E-state index contributed by atoms with van der Waals surface area (Å²) in [5, 5.41) is 3.47. The largest absolute Gasteiger partial charge is 0.481 e. The molecule has 0 bridgehead atoms. The molecule has 5 heteroatoms. The van der Waals surface area contributed by atoms with Crippen LogP contribution in [0, 0.1) is 0 Å². The number of hydrogen-bond acceptors (Lipinski definition) is 3. The summed E-state index contributed by atoms with van der Waals surface area (Å²) in [5.41, 5.74) is 6.39. The molecule has 2 atom stereocenters. The van der Waals surface area contributed by atoms with Crippen LogP contribution < -0.4 is 15.8 Å². The highest BCUT2D eigenvalue weighted by molar-refractivity contribution is 6.30. The molecule has 0 aromatic heterocycles. The number of carbonyl (C=O) groups is 1. The van der Waals surface area contributed by atoms with E-state index in [9.17, 15) is 4.79 Å². The molecular formula is C15H23ClN2O2. The topological polar surface area (TPSA) is 64.3 Å². The number of rotatable bonds is 4. The van der Waals surface area contributed by atoms with Crippen LogP contribution in [0.5, 0.6) is 5.75 Å². The number of halogens is 1. The maximum absolute atomic E-state index is 12.0. The predicted octanol–water partition coefficient (Wildman–Crippen LogP) is 3.04. The number of carbonyl (C=O) groups excluding carboxylic acids is 1. The zero-order chi connectivity index (χ0) is 15.5. The van der Waals surface area contributed by atoms with Crippen molar-refractivity contribution in [2.45, 2.75) is 52.3 Å². The van der Waals surface area contributed by atoms with E-state index in [1.165, 1.54) is 0 Å². The summed E-state index contributed by atoms with van der Waals surface area (Å²) in [7, 11) is 0. The summed E-state index contributed by atoms with van der Waals surface area (Å²) in [6.45, 7) is 9.33. The quantitative estimate of drug-likeness (QED) is 0.898. The second-order valence-electron chi connectivity index (χ2n) is 5.97. The van der Waals surface area contributed by atoms with Crippen LogP contribution >= 0.6 is 11.6 Å². The van der Waals surface area contributed by atoms with Crippen LogP contribution in [0.15, 0.2) is 18.2 Å². The van der Waals surface area contributed by atoms with Crippen LogP contribution in [0.1, 0.15) is 46.2 Å². The van der Waals surface area contributed by atoms with Gasteiger partial charge in [-0.1, -0.05) is 11.6 Å². The Morgan fingerprint density at radius 1 is 1.35 bits per heavy atom. The minimum Gasteiger partial charge on any atom is -0.481 e. The van der Waals surface area contributed by atoms with E-state index in [0.29, 0.717) is 10.8 Å². The molecule has 1 amide bonds. The lowest BCUT2D eigenvalue weighted by molar-refractivity contribution is -0.128. The summed E-state index contributed by atoms with van der Waals surface area (Å²) in [4.78, 5) is 12.0. The van der Waals surface area contributed by atoms with Crippen LogP contribution in [-0.4, -0.2) is 17.6 Å². The molecule has 0 saturated heterocycles. The van der Waals surface area contributed by atoms with Crippen LogP contribution in [0.2, 0.25) is 5.02 Å². The van der Waals surface area contributed by atoms with Crippen molar-refractivity contribution in [1.29, 1.82) is 0 Å². The minimum atomic E-state index is -0.604. The van der Waals surface area contributed by atoms with E-state index < -0.39 is 6.10 Å². The molecule has 4 nitrogen and oxygen atoms in total. The third kappa shape index (κ3) is 5.02. The molecule has 1 aromatic carbocycles. The van der Waals surface area contributed by atoms with Gasteiger partial charge in [-0.05, 0) is 52.8 Å². The van der Waals surface area contributed by atoms with Gasteiger partial charge in [0.1, 0.15) is 5.75 Å². The summed E-state index contributed by atoms with van der Waals surface area (Å²) in [5.74, 6) is 0.420. The van der Waals surface area contributed by atoms with Crippen LogP contribution in [0.3, 0.4) is 0 Å². The van der Waals surface area contributed by atoms with E-state index in [2.05, 4.69) is 5.32 Å². The van der Waals surface area contributed by atoms with Crippen LogP contribution in [0.25, 0.3) is 0 Å². The first-order chi connectivity index (χ1) is 9.10. The normalized spacial score (nSPS) is 14.6. The number of nitrogens with one attached hydrogen (secondary N) is 1. The van der Waals surface area contributed by atoms with Gasteiger partial charge in [0, 0.05) is 22.2 Å². The highest BCUT2D eigenvalue weighted by atomic mass is 35.5. The van der Waals surface area contributed by atoms with Gasteiger partial charge < -0.3 is 15.8 Å². The lowest BCUT2D eigenvalue weighted by Gasteiger charge is -2.24.